The Labute approximate surface area is 264 Å². The van der Waals surface area contributed by atoms with E-state index in [-0.39, 0.29) is 23.0 Å². The Morgan fingerprint density at radius 1 is 0.818 bits per heavy atom. The minimum absolute atomic E-state index is 0.0365. The lowest BCUT2D eigenvalue weighted by Gasteiger charge is -2.33. The number of sulfonamides is 1. The van der Waals surface area contributed by atoms with Crippen molar-refractivity contribution in [2.75, 3.05) is 17.4 Å². The van der Waals surface area contributed by atoms with Crippen molar-refractivity contribution in [1.82, 2.24) is 10.2 Å². The molecule has 0 spiro atoms. The Kier molecular flexibility index (Phi) is 11.4. The molecule has 10 heteroatoms. The van der Waals surface area contributed by atoms with E-state index < -0.39 is 28.5 Å². The van der Waals surface area contributed by atoms with Gasteiger partial charge < -0.3 is 15.0 Å². The van der Waals surface area contributed by atoms with Gasteiger partial charge in [-0.25, -0.2) is 8.42 Å². The van der Waals surface area contributed by atoms with Gasteiger partial charge in [-0.15, -0.1) is 0 Å². The molecule has 0 heterocycles. The number of amides is 2. The van der Waals surface area contributed by atoms with E-state index in [4.69, 9.17) is 16.3 Å². The lowest BCUT2D eigenvalue weighted by atomic mass is 10.1. The van der Waals surface area contributed by atoms with E-state index in [0.717, 1.165) is 16.3 Å². The smallest absolute Gasteiger partial charge is 0.264 e. The lowest BCUT2D eigenvalue weighted by molar-refractivity contribution is -0.140. The second-order valence-electron chi connectivity index (χ2n) is 10.1. The van der Waals surface area contributed by atoms with Crippen LogP contribution in [0.1, 0.15) is 32.3 Å². The third-order valence-electron chi connectivity index (χ3n) is 6.92. The van der Waals surface area contributed by atoms with Gasteiger partial charge in [0.2, 0.25) is 11.8 Å². The first-order chi connectivity index (χ1) is 21.2. The number of anilines is 1. The summed E-state index contributed by atoms with van der Waals surface area (Å²) >= 11 is 6.08. The fourth-order valence-electron chi connectivity index (χ4n) is 4.63. The van der Waals surface area contributed by atoms with Crippen LogP contribution in [0, 0.1) is 0 Å². The molecule has 230 valence electrons. The van der Waals surface area contributed by atoms with Crippen LogP contribution in [0.15, 0.2) is 114 Å². The maximum absolute atomic E-state index is 14.2. The monoisotopic (exact) mass is 633 g/mol. The number of rotatable bonds is 14. The van der Waals surface area contributed by atoms with Crippen molar-refractivity contribution in [3.63, 3.8) is 0 Å². The van der Waals surface area contributed by atoms with Gasteiger partial charge in [0, 0.05) is 18.1 Å². The molecule has 44 heavy (non-hydrogen) atoms. The molecule has 0 bridgehead atoms. The van der Waals surface area contributed by atoms with Crippen molar-refractivity contribution in [2.45, 2.75) is 44.2 Å². The first-order valence-electron chi connectivity index (χ1n) is 14.4. The minimum Gasteiger partial charge on any atom is -0.457 e. The van der Waals surface area contributed by atoms with Crippen molar-refractivity contribution >= 4 is 39.1 Å². The minimum atomic E-state index is -4.17. The normalized spacial score (nSPS) is 11.8. The maximum Gasteiger partial charge on any atom is 0.264 e. The third-order valence-corrected chi connectivity index (χ3v) is 8.96. The topological polar surface area (TPSA) is 96.0 Å². The molecule has 0 saturated heterocycles. The molecule has 1 N–H and O–H groups in total. The number of hydrogen-bond donors (Lipinski definition) is 1. The average molecular weight is 634 g/mol. The number of ether oxygens (including phenoxy) is 1. The summed E-state index contributed by atoms with van der Waals surface area (Å²) in [6, 6.07) is 29.8. The number of hydrogen-bond acceptors (Lipinski definition) is 5. The van der Waals surface area contributed by atoms with Crippen LogP contribution in [0.3, 0.4) is 0 Å². The summed E-state index contributed by atoms with van der Waals surface area (Å²) < 4.78 is 35.0. The van der Waals surface area contributed by atoms with Gasteiger partial charge in [0.25, 0.3) is 10.0 Å². The van der Waals surface area contributed by atoms with Crippen LogP contribution in [0.5, 0.6) is 11.5 Å². The van der Waals surface area contributed by atoms with Gasteiger partial charge >= 0.3 is 0 Å². The van der Waals surface area contributed by atoms with E-state index >= 15 is 0 Å². The highest BCUT2D eigenvalue weighted by Crippen LogP contribution is 2.28. The van der Waals surface area contributed by atoms with Crippen LogP contribution in [-0.4, -0.2) is 44.3 Å². The average Bonchev–Trinajstić information content (AvgIpc) is 3.04. The summed E-state index contributed by atoms with van der Waals surface area (Å²) in [6.45, 7) is 3.80. The Hall–Kier alpha value is -4.34. The fourth-order valence-corrected chi connectivity index (χ4v) is 6.19. The van der Waals surface area contributed by atoms with Crippen LogP contribution in [0.25, 0.3) is 0 Å². The SMILES string of the molecule is CCCNC(=O)[C@@H](CC)N(Cc1ccc(Cl)cc1)C(=O)CN(c1ccc(Oc2ccccc2)cc1)S(=O)(=O)c1ccccc1. The number of benzene rings is 4. The molecule has 1 atom stereocenters. The van der Waals surface area contributed by atoms with E-state index in [9.17, 15) is 18.0 Å². The zero-order valence-corrected chi connectivity index (χ0v) is 26.3. The highest BCUT2D eigenvalue weighted by atomic mass is 35.5. The van der Waals surface area contributed by atoms with E-state index in [1.165, 1.54) is 17.0 Å². The molecule has 0 aromatic heterocycles. The Morgan fingerprint density at radius 2 is 1.41 bits per heavy atom. The van der Waals surface area contributed by atoms with Crippen LogP contribution < -0.4 is 14.4 Å². The van der Waals surface area contributed by atoms with Crippen molar-refractivity contribution in [3.05, 3.63) is 120 Å². The molecule has 0 radical (unpaired) electrons. The Balaban J connectivity index is 1.70. The predicted octanol–water partition coefficient (Wildman–Crippen LogP) is 6.66. The molecule has 0 aliphatic rings. The van der Waals surface area contributed by atoms with Gasteiger partial charge in [0.15, 0.2) is 0 Å². The van der Waals surface area contributed by atoms with Crippen molar-refractivity contribution in [1.29, 1.82) is 0 Å². The van der Waals surface area contributed by atoms with E-state index in [2.05, 4.69) is 5.32 Å². The molecule has 2 amide bonds. The number of nitrogens with one attached hydrogen (secondary N) is 1. The van der Waals surface area contributed by atoms with Gasteiger partial charge in [-0.05, 0) is 79.1 Å². The molecule has 0 unspecified atom stereocenters. The predicted molar refractivity (Wildman–Crippen MR) is 173 cm³/mol. The van der Waals surface area contributed by atoms with Crippen LogP contribution in [-0.2, 0) is 26.2 Å². The van der Waals surface area contributed by atoms with E-state index in [1.807, 2.05) is 44.2 Å². The maximum atomic E-state index is 14.2. The van der Waals surface area contributed by atoms with E-state index in [0.29, 0.717) is 29.5 Å². The van der Waals surface area contributed by atoms with Gasteiger partial charge in [-0.2, -0.15) is 0 Å². The number of carbonyl (C=O) groups is 2. The highest BCUT2D eigenvalue weighted by Gasteiger charge is 2.33. The molecule has 0 saturated carbocycles. The summed E-state index contributed by atoms with van der Waals surface area (Å²) in [4.78, 5) is 28.8. The molecule has 8 nitrogen and oxygen atoms in total. The molecular formula is C34H36ClN3O5S. The first-order valence-corrected chi connectivity index (χ1v) is 16.3. The van der Waals surface area contributed by atoms with E-state index in [1.54, 1.807) is 66.7 Å². The third kappa shape index (κ3) is 8.39. The Morgan fingerprint density at radius 3 is 2.00 bits per heavy atom. The molecule has 4 rings (SSSR count). The first kappa shape index (κ1) is 32.6. The Bertz CT molecular complexity index is 1620. The number of halogens is 1. The standard InChI is InChI=1S/C34H36ClN3O5S/c1-3-23-36-34(40)32(4-2)37(24-26-15-17-27(35)18-16-26)33(39)25-38(44(41,42)31-13-9-6-10-14-31)28-19-21-30(22-20-28)43-29-11-7-5-8-12-29/h5-22,32H,3-4,23-25H2,1-2H3,(H,36,40)/t32-/m1/s1. The lowest BCUT2D eigenvalue weighted by Crippen LogP contribution is -2.52. The molecule has 0 fully saturated rings. The van der Waals surface area contributed by atoms with Crippen molar-refractivity contribution < 1.29 is 22.7 Å². The zero-order valence-electron chi connectivity index (χ0n) is 24.7. The molecule has 0 aliphatic carbocycles. The van der Waals surface area contributed by atoms with Crippen molar-refractivity contribution in [2.24, 2.45) is 0 Å². The number of carbonyl (C=O) groups excluding carboxylic acids is 2. The van der Waals surface area contributed by atoms with Crippen LogP contribution >= 0.6 is 11.6 Å². The summed E-state index contributed by atoms with van der Waals surface area (Å²) in [7, 11) is -4.17. The summed E-state index contributed by atoms with van der Waals surface area (Å²) in [5.74, 6) is 0.319. The van der Waals surface area contributed by atoms with Gasteiger partial charge in [0.05, 0.1) is 10.6 Å². The largest absolute Gasteiger partial charge is 0.457 e. The highest BCUT2D eigenvalue weighted by molar-refractivity contribution is 7.92. The molecular weight excluding hydrogens is 598 g/mol. The van der Waals surface area contributed by atoms with Crippen LogP contribution in [0.4, 0.5) is 5.69 Å². The second kappa shape index (κ2) is 15.4. The molecule has 0 aliphatic heterocycles. The van der Waals surface area contributed by atoms with Gasteiger partial charge in [-0.1, -0.05) is 74.0 Å². The fraction of sp³-hybridized carbons (Fsp3) is 0.235. The molecule has 4 aromatic carbocycles. The van der Waals surface area contributed by atoms with Crippen molar-refractivity contribution in [3.8, 4) is 11.5 Å². The summed E-state index contributed by atoms with van der Waals surface area (Å²) in [6.07, 6.45) is 1.08. The quantitative estimate of drug-likeness (QED) is 0.168. The van der Waals surface area contributed by atoms with Crippen LogP contribution in [0.2, 0.25) is 5.02 Å². The second-order valence-corrected chi connectivity index (χ2v) is 12.4. The molecule has 4 aromatic rings. The van der Waals surface area contributed by atoms with Gasteiger partial charge in [-0.3, -0.25) is 13.9 Å². The summed E-state index contributed by atoms with van der Waals surface area (Å²) in [5, 5.41) is 3.42. The van der Waals surface area contributed by atoms with Gasteiger partial charge in [0.1, 0.15) is 24.1 Å². The number of nitrogens with zero attached hydrogens (tertiary/aromatic N) is 2. The number of para-hydroxylation sites is 1. The summed E-state index contributed by atoms with van der Waals surface area (Å²) in [5.41, 5.74) is 1.03. The zero-order chi connectivity index (χ0) is 31.5.